The van der Waals surface area contributed by atoms with E-state index in [1.807, 2.05) is 30.3 Å². The van der Waals surface area contributed by atoms with Gasteiger partial charge in [-0.2, -0.15) is 0 Å². The molecule has 322 valence electrons. The lowest BCUT2D eigenvalue weighted by atomic mass is 9.67. The third kappa shape index (κ3) is 5.94. The van der Waals surface area contributed by atoms with E-state index in [9.17, 15) is 0 Å². The molecule has 0 saturated heterocycles. The third-order valence-corrected chi connectivity index (χ3v) is 14.1. The van der Waals surface area contributed by atoms with Gasteiger partial charge in [0.2, 0.25) is 0 Å². The molecule has 13 aromatic rings. The molecule has 1 aliphatic rings. The molecule has 5 nitrogen and oxygen atoms in total. The summed E-state index contributed by atoms with van der Waals surface area (Å²) in [5.41, 5.74) is 16.4. The van der Waals surface area contributed by atoms with Crippen LogP contribution in [0.2, 0.25) is 0 Å². The van der Waals surface area contributed by atoms with Crippen LogP contribution in [-0.4, -0.2) is 19.5 Å². The zero-order valence-electron chi connectivity index (χ0n) is 37.3. The van der Waals surface area contributed by atoms with E-state index in [1.54, 1.807) is 0 Å². The summed E-state index contributed by atoms with van der Waals surface area (Å²) in [6, 6.07) is 86.3. The van der Waals surface area contributed by atoms with Crippen molar-refractivity contribution in [3.63, 3.8) is 0 Å². The number of para-hydroxylation sites is 5. The molecule has 69 heavy (non-hydrogen) atoms. The van der Waals surface area contributed by atoms with Crippen LogP contribution in [0.1, 0.15) is 22.3 Å². The van der Waals surface area contributed by atoms with Crippen LogP contribution < -0.4 is 0 Å². The highest BCUT2D eigenvalue weighted by molar-refractivity contribution is 6.13. The maximum absolute atomic E-state index is 6.63. The summed E-state index contributed by atoms with van der Waals surface area (Å²) in [5.74, 6) is 1.82. The van der Waals surface area contributed by atoms with Crippen LogP contribution in [0.4, 0.5) is 0 Å². The molecule has 10 aromatic carbocycles. The van der Waals surface area contributed by atoms with Crippen LogP contribution in [0.25, 0.3) is 106 Å². The quantitative estimate of drug-likeness (QED) is 0.160. The van der Waals surface area contributed by atoms with E-state index in [0.717, 1.165) is 83.0 Å². The second-order valence-corrected chi connectivity index (χ2v) is 17.8. The topological polar surface area (TPSA) is 56.7 Å². The number of nitrogens with zero attached hydrogens (tertiary/aromatic N) is 4. The molecule has 0 N–H and O–H groups in total. The van der Waals surface area contributed by atoms with Crippen molar-refractivity contribution in [2.75, 3.05) is 0 Å². The minimum atomic E-state index is -0.602. The molecular weight excluding hydrogens is 841 g/mol. The van der Waals surface area contributed by atoms with Gasteiger partial charge in [0, 0.05) is 49.5 Å². The fraction of sp³-hybridized carbons (Fsp3) is 0.0156. The van der Waals surface area contributed by atoms with Gasteiger partial charge in [-0.15, -0.1) is 0 Å². The van der Waals surface area contributed by atoms with E-state index in [4.69, 9.17) is 19.4 Å². The van der Waals surface area contributed by atoms with E-state index >= 15 is 0 Å². The first-order valence-electron chi connectivity index (χ1n) is 23.4. The normalized spacial score (nSPS) is 12.8. The Kier molecular flexibility index (Phi) is 8.73. The largest absolute Gasteiger partial charge is 0.455 e. The van der Waals surface area contributed by atoms with Crippen molar-refractivity contribution >= 4 is 43.7 Å². The maximum atomic E-state index is 6.63. The average Bonchev–Trinajstić information content (AvgIpc) is 4.08. The first-order valence-corrected chi connectivity index (χ1v) is 23.4. The molecule has 0 aliphatic heterocycles. The minimum Gasteiger partial charge on any atom is -0.455 e. The Morgan fingerprint density at radius 1 is 0.348 bits per heavy atom. The van der Waals surface area contributed by atoms with Gasteiger partial charge in [-0.25, -0.2) is 15.0 Å². The Bertz CT molecular complexity index is 4080. The predicted octanol–water partition coefficient (Wildman–Crippen LogP) is 15.9. The van der Waals surface area contributed by atoms with Gasteiger partial charge < -0.3 is 8.98 Å². The van der Waals surface area contributed by atoms with E-state index in [1.165, 1.54) is 27.6 Å². The first-order chi connectivity index (χ1) is 34.2. The lowest BCUT2D eigenvalue weighted by molar-refractivity contribution is 0.670. The molecule has 0 atom stereocenters. The van der Waals surface area contributed by atoms with E-state index in [-0.39, 0.29) is 0 Å². The third-order valence-electron chi connectivity index (χ3n) is 14.1. The van der Waals surface area contributed by atoms with Crippen LogP contribution >= 0.6 is 0 Å². The van der Waals surface area contributed by atoms with Gasteiger partial charge in [-0.1, -0.05) is 200 Å². The van der Waals surface area contributed by atoms with E-state index in [2.05, 4.69) is 217 Å². The number of hydrogen-bond donors (Lipinski definition) is 0. The van der Waals surface area contributed by atoms with E-state index in [0.29, 0.717) is 17.5 Å². The Labute approximate surface area is 398 Å². The summed E-state index contributed by atoms with van der Waals surface area (Å²) in [5, 5.41) is 4.52. The maximum Gasteiger partial charge on any atom is 0.166 e. The summed E-state index contributed by atoms with van der Waals surface area (Å²) in [6.45, 7) is 0. The SMILES string of the molecule is c1ccc(-c2nc(-c3ccc4c(c3)-c3cc(-c5cccc6c5oc5ccccc56)ccc3C4(c3ccccc3)c3ccccc3)nc(-c3cccc4c5ccccc5n(-c5ccccc5)c34)n2)cc1. The summed E-state index contributed by atoms with van der Waals surface area (Å²) in [7, 11) is 0. The summed E-state index contributed by atoms with van der Waals surface area (Å²) >= 11 is 0. The first kappa shape index (κ1) is 39.0. The molecule has 0 unspecified atom stereocenters. The van der Waals surface area contributed by atoms with Crippen molar-refractivity contribution in [3.05, 3.63) is 265 Å². The van der Waals surface area contributed by atoms with Gasteiger partial charge in [0.1, 0.15) is 11.2 Å². The van der Waals surface area contributed by atoms with Crippen LogP contribution in [0.5, 0.6) is 0 Å². The Balaban J connectivity index is 1.03. The van der Waals surface area contributed by atoms with Crippen molar-refractivity contribution < 1.29 is 4.42 Å². The van der Waals surface area contributed by atoms with Gasteiger partial charge in [-0.05, 0) is 81.4 Å². The summed E-state index contributed by atoms with van der Waals surface area (Å²) in [6.07, 6.45) is 0. The highest BCUT2D eigenvalue weighted by atomic mass is 16.3. The van der Waals surface area contributed by atoms with Crippen molar-refractivity contribution in [2.24, 2.45) is 0 Å². The number of benzene rings is 10. The monoisotopic (exact) mass is 880 g/mol. The molecule has 0 amide bonds. The molecule has 3 aromatic heterocycles. The van der Waals surface area contributed by atoms with Gasteiger partial charge in [0.15, 0.2) is 17.5 Å². The Morgan fingerprint density at radius 2 is 0.870 bits per heavy atom. The number of rotatable bonds is 7. The molecule has 1 aliphatic carbocycles. The standard InChI is InChI=1S/C64H40N4O/c1-5-19-41(20-6-1)61-65-62(67-63(66-61)52-32-18-30-50-48-27-13-15-33-57(48)68(59(50)52)46-25-11-4-12-26-46)43-36-38-56-54(40-43)53-39-42(47-29-17-31-51-49-28-14-16-34-58(49)69-60(47)51)35-37-55(53)64(56,44-21-7-2-8-22-44)45-23-9-3-10-24-45/h1-40H. The van der Waals surface area contributed by atoms with Gasteiger partial charge in [0.25, 0.3) is 0 Å². The van der Waals surface area contributed by atoms with Gasteiger partial charge in [-0.3, -0.25) is 0 Å². The highest BCUT2D eigenvalue weighted by Crippen LogP contribution is 2.57. The zero-order chi connectivity index (χ0) is 45.5. The Morgan fingerprint density at radius 3 is 1.58 bits per heavy atom. The minimum absolute atomic E-state index is 0.600. The van der Waals surface area contributed by atoms with E-state index < -0.39 is 5.41 Å². The number of aromatic nitrogens is 4. The van der Waals surface area contributed by atoms with Crippen molar-refractivity contribution in [2.45, 2.75) is 5.41 Å². The molecule has 0 radical (unpaired) electrons. The Hall–Kier alpha value is -9.19. The van der Waals surface area contributed by atoms with Crippen LogP contribution in [0, 0.1) is 0 Å². The molecule has 5 heteroatoms. The molecule has 0 saturated carbocycles. The van der Waals surface area contributed by atoms with Gasteiger partial charge >= 0.3 is 0 Å². The van der Waals surface area contributed by atoms with Crippen molar-refractivity contribution in [1.82, 2.24) is 19.5 Å². The summed E-state index contributed by atoms with van der Waals surface area (Å²) < 4.78 is 8.97. The van der Waals surface area contributed by atoms with Crippen LogP contribution in [-0.2, 0) is 5.41 Å². The highest BCUT2D eigenvalue weighted by Gasteiger charge is 2.46. The molecular formula is C64H40N4O. The predicted molar refractivity (Wildman–Crippen MR) is 280 cm³/mol. The van der Waals surface area contributed by atoms with Crippen LogP contribution in [0.15, 0.2) is 247 Å². The fourth-order valence-corrected chi connectivity index (χ4v) is 11.2. The molecule has 14 rings (SSSR count). The lowest BCUT2D eigenvalue weighted by Gasteiger charge is -2.34. The second kappa shape index (κ2) is 15.4. The van der Waals surface area contributed by atoms with Crippen molar-refractivity contribution in [1.29, 1.82) is 0 Å². The van der Waals surface area contributed by atoms with Crippen LogP contribution in [0.3, 0.4) is 0 Å². The average molecular weight is 881 g/mol. The molecule has 0 fully saturated rings. The molecule has 3 heterocycles. The fourth-order valence-electron chi connectivity index (χ4n) is 11.2. The van der Waals surface area contributed by atoms with Gasteiger partial charge in [0.05, 0.1) is 16.4 Å². The number of fused-ring (bicyclic) bond motifs is 9. The number of hydrogen-bond acceptors (Lipinski definition) is 4. The van der Waals surface area contributed by atoms with Crippen molar-refractivity contribution in [3.8, 4) is 62.1 Å². The second-order valence-electron chi connectivity index (χ2n) is 17.8. The molecule has 0 bridgehead atoms. The zero-order valence-corrected chi connectivity index (χ0v) is 37.3. The number of furan rings is 1. The lowest BCUT2D eigenvalue weighted by Crippen LogP contribution is -2.28. The summed E-state index contributed by atoms with van der Waals surface area (Å²) in [4.78, 5) is 16.1. The smallest absolute Gasteiger partial charge is 0.166 e. The molecule has 0 spiro atoms.